The molecule has 0 radical (unpaired) electrons. The van der Waals surface area contributed by atoms with E-state index in [2.05, 4.69) is 47.6 Å². The third-order valence-corrected chi connectivity index (χ3v) is 4.24. The van der Waals surface area contributed by atoms with Gasteiger partial charge in [0.05, 0.1) is 12.9 Å². The second-order valence-corrected chi connectivity index (χ2v) is 6.18. The van der Waals surface area contributed by atoms with E-state index in [1.165, 1.54) is 5.56 Å². The van der Waals surface area contributed by atoms with Crippen molar-refractivity contribution in [3.05, 3.63) is 77.3 Å². The highest BCUT2D eigenvalue weighted by atomic mass is 79.9. The largest absolute Gasteiger partial charge is 0.311 e. The summed E-state index contributed by atoms with van der Waals surface area (Å²) in [6.45, 7) is 0.744. The van der Waals surface area contributed by atoms with Gasteiger partial charge in [0, 0.05) is 10.0 Å². The number of nitrogens with zero attached hydrogens (tertiary/aromatic N) is 4. The number of halogens is 1. The Kier molecular flexibility index (Phi) is 3.63. The van der Waals surface area contributed by atoms with E-state index in [1.807, 2.05) is 48.8 Å². The lowest BCUT2D eigenvalue weighted by molar-refractivity contribution is 0.813. The molecule has 0 aliphatic rings. The van der Waals surface area contributed by atoms with Gasteiger partial charge in [0.1, 0.15) is 17.5 Å². The van der Waals surface area contributed by atoms with Crippen LogP contribution < -0.4 is 0 Å². The highest BCUT2D eigenvalue weighted by Crippen LogP contribution is 2.25. The van der Waals surface area contributed by atoms with E-state index < -0.39 is 0 Å². The van der Waals surface area contributed by atoms with Gasteiger partial charge in [-0.3, -0.25) is 0 Å². The van der Waals surface area contributed by atoms with Crippen molar-refractivity contribution in [3.63, 3.8) is 0 Å². The van der Waals surface area contributed by atoms with Crippen molar-refractivity contribution in [2.24, 2.45) is 0 Å². The minimum Gasteiger partial charge on any atom is -0.311 e. The van der Waals surface area contributed by atoms with Crippen LogP contribution in [0.2, 0.25) is 0 Å². The molecule has 4 nitrogen and oxygen atoms in total. The Morgan fingerprint density at radius 2 is 1.65 bits per heavy atom. The molecule has 0 aliphatic heterocycles. The van der Waals surface area contributed by atoms with Gasteiger partial charge >= 0.3 is 0 Å². The van der Waals surface area contributed by atoms with Crippen LogP contribution in [-0.2, 0) is 6.54 Å². The molecular formula is C18H13BrN4. The molecule has 0 bridgehead atoms. The zero-order valence-electron chi connectivity index (χ0n) is 12.2. The van der Waals surface area contributed by atoms with Crippen LogP contribution in [0, 0.1) is 0 Å². The molecule has 2 heterocycles. The van der Waals surface area contributed by atoms with Gasteiger partial charge in [-0.25, -0.2) is 15.0 Å². The Hall–Kier alpha value is -2.53. The number of rotatable bonds is 3. The molecule has 5 heteroatoms. The first-order chi connectivity index (χ1) is 11.3. The lowest BCUT2D eigenvalue weighted by atomic mass is 10.1. The van der Waals surface area contributed by atoms with Gasteiger partial charge in [-0.05, 0) is 17.7 Å². The van der Waals surface area contributed by atoms with E-state index in [1.54, 1.807) is 6.33 Å². The number of benzene rings is 2. The Morgan fingerprint density at radius 3 is 2.43 bits per heavy atom. The molecular weight excluding hydrogens is 352 g/mol. The van der Waals surface area contributed by atoms with Gasteiger partial charge in [0.25, 0.3) is 0 Å². The molecule has 0 amide bonds. The highest BCUT2D eigenvalue weighted by molar-refractivity contribution is 9.10. The van der Waals surface area contributed by atoms with Crippen molar-refractivity contribution < 1.29 is 0 Å². The van der Waals surface area contributed by atoms with Crippen LogP contribution in [-0.4, -0.2) is 19.5 Å². The minimum atomic E-state index is 0.744. The molecule has 0 unspecified atom stereocenters. The summed E-state index contributed by atoms with van der Waals surface area (Å²) in [6.07, 6.45) is 3.43. The molecule has 0 saturated carbocycles. The highest BCUT2D eigenvalue weighted by Gasteiger charge is 2.11. The van der Waals surface area contributed by atoms with Crippen LogP contribution in [0.3, 0.4) is 0 Å². The fraction of sp³-hybridized carbons (Fsp3) is 0.0556. The lowest BCUT2D eigenvalue weighted by Gasteiger charge is -2.05. The first-order valence-corrected chi connectivity index (χ1v) is 8.06. The predicted octanol–water partition coefficient (Wildman–Crippen LogP) is 4.30. The fourth-order valence-electron chi connectivity index (χ4n) is 2.60. The number of aromatic nitrogens is 4. The summed E-state index contributed by atoms with van der Waals surface area (Å²) < 4.78 is 3.09. The van der Waals surface area contributed by atoms with Crippen molar-refractivity contribution >= 4 is 27.1 Å². The van der Waals surface area contributed by atoms with E-state index in [0.717, 1.165) is 33.4 Å². The summed E-state index contributed by atoms with van der Waals surface area (Å²) >= 11 is 3.46. The molecule has 23 heavy (non-hydrogen) atoms. The average Bonchev–Trinajstić information content (AvgIpc) is 3.00. The third-order valence-electron chi connectivity index (χ3n) is 3.71. The average molecular weight is 365 g/mol. The number of hydrogen-bond acceptors (Lipinski definition) is 3. The summed E-state index contributed by atoms with van der Waals surface area (Å²) in [5, 5.41) is 0. The molecule has 112 valence electrons. The molecule has 0 saturated heterocycles. The first kappa shape index (κ1) is 14.1. The molecule has 0 fully saturated rings. The summed E-state index contributed by atoms with van der Waals surface area (Å²) in [5.74, 6) is 0. The summed E-state index contributed by atoms with van der Waals surface area (Å²) in [6, 6.07) is 18.4. The monoisotopic (exact) mass is 364 g/mol. The zero-order valence-corrected chi connectivity index (χ0v) is 13.8. The molecule has 0 spiro atoms. The van der Waals surface area contributed by atoms with E-state index in [-0.39, 0.29) is 0 Å². The Bertz CT molecular complexity index is 946. The smallest absolute Gasteiger partial charge is 0.164 e. The van der Waals surface area contributed by atoms with Gasteiger partial charge < -0.3 is 4.57 Å². The maximum atomic E-state index is 4.54. The topological polar surface area (TPSA) is 43.6 Å². The quantitative estimate of drug-likeness (QED) is 0.544. The predicted molar refractivity (Wildman–Crippen MR) is 94.0 cm³/mol. The van der Waals surface area contributed by atoms with E-state index in [9.17, 15) is 0 Å². The maximum absolute atomic E-state index is 4.54. The SMILES string of the molecule is Brc1ccc(-c2ncnc3c2ncn3Cc2ccccc2)cc1. The fourth-order valence-corrected chi connectivity index (χ4v) is 2.86. The van der Waals surface area contributed by atoms with Gasteiger partial charge in [-0.15, -0.1) is 0 Å². The second kappa shape index (κ2) is 5.93. The molecule has 2 aromatic heterocycles. The zero-order chi connectivity index (χ0) is 15.6. The standard InChI is InChI=1S/C18H13BrN4/c19-15-8-6-14(7-9-15)16-17-18(21-11-20-16)23(12-22-17)10-13-4-2-1-3-5-13/h1-9,11-12H,10H2. The third kappa shape index (κ3) is 2.75. The van der Waals surface area contributed by atoms with Crippen molar-refractivity contribution in [1.82, 2.24) is 19.5 Å². The van der Waals surface area contributed by atoms with Gasteiger partial charge in [-0.1, -0.05) is 58.4 Å². The molecule has 4 aromatic rings. The second-order valence-electron chi connectivity index (χ2n) is 5.26. The summed E-state index contributed by atoms with van der Waals surface area (Å²) in [5.41, 5.74) is 4.78. The summed E-state index contributed by atoms with van der Waals surface area (Å²) in [7, 11) is 0. The van der Waals surface area contributed by atoms with Crippen molar-refractivity contribution in [2.75, 3.05) is 0 Å². The summed E-state index contributed by atoms with van der Waals surface area (Å²) in [4.78, 5) is 13.4. The number of imidazole rings is 1. The van der Waals surface area contributed by atoms with Gasteiger partial charge in [0.2, 0.25) is 0 Å². The van der Waals surface area contributed by atoms with E-state index >= 15 is 0 Å². The van der Waals surface area contributed by atoms with Crippen molar-refractivity contribution in [3.8, 4) is 11.3 Å². The minimum absolute atomic E-state index is 0.744. The molecule has 2 aromatic carbocycles. The molecule has 0 aliphatic carbocycles. The van der Waals surface area contributed by atoms with Crippen molar-refractivity contribution in [2.45, 2.75) is 6.54 Å². The van der Waals surface area contributed by atoms with Crippen LogP contribution in [0.15, 0.2) is 71.7 Å². The Morgan fingerprint density at radius 1 is 0.870 bits per heavy atom. The number of fused-ring (bicyclic) bond motifs is 1. The van der Waals surface area contributed by atoms with Crippen molar-refractivity contribution in [1.29, 1.82) is 0 Å². The van der Waals surface area contributed by atoms with Crippen LogP contribution >= 0.6 is 15.9 Å². The Balaban J connectivity index is 1.79. The van der Waals surface area contributed by atoms with Crippen LogP contribution in [0.25, 0.3) is 22.4 Å². The van der Waals surface area contributed by atoms with Gasteiger partial charge in [-0.2, -0.15) is 0 Å². The van der Waals surface area contributed by atoms with E-state index in [0.29, 0.717) is 0 Å². The van der Waals surface area contributed by atoms with E-state index in [4.69, 9.17) is 0 Å². The van der Waals surface area contributed by atoms with Crippen LogP contribution in [0.4, 0.5) is 0 Å². The lowest BCUT2D eigenvalue weighted by Crippen LogP contribution is -1.99. The number of hydrogen-bond donors (Lipinski definition) is 0. The van der Waals surface area contributed by atoms with Crippen LogP contribution in [0.1, 0.15) is 5.56 Å². The molecule has 0 N–H and O–H groups in total. The molecule has 0 atom stereocenters. The maximum Gasteiger partial charge on any atom is 0.164 e. The van der Waals surface area contributed by atoms with Crippen LogP contribution in [0.5, 0.6) is 0 Å². The normalized spacial score (nSPS) is 11.0. The Labute approximate surface area is 142 Å². The first-order valence-electron chi connectivity index (χ1n) is 7.27. The molecule has 4 rings (SSSR count). The van der Waals surface area contributed by atoms with Gasteiger partial charge in [0.15, 0.2) is 5.65 Å².